The Morgan fingerprint density at radius 2 is 1.81 bits per heavy atom. The number of amides is 1. The molecular formula is C25H30N4O3. The second-order valence-electron chi connectivity index (χ2n) is 8.45. The van der Waals surface area contributed by atoms with Gasteiger partial charge in [0, 0.05) is 24.8 Å². The van der Waals surface area contributed by atoms with Crippen molar-refractivity contribution in [3.63, 3.8) is 0 Å². The average Bonchev–Trinajstić information content (AvgIpc) is 2.77. The number of hydrogen-bond acceptors (Lipinski definition) is 5. The fourth-order valence-electron chi connectivity index (χ4n) is 3.04. The third kappa shape index (κ3) is 5.75. The number of aryl methyl sites for hydroxylation is 1. The maximum absolute atomic E-state index is 12.8. The zero-order valence-electron chi connectivity index (χ0n) is 19.2. The van der Waals surface area contributed by atoms with E-state index in [4.69, 9.17) is 4.74 Å². The third-order valence-electron chi connectivity index (χ3n) is 4.94. The predicted octanol–water partition coefficient (Wildman–Crippen LogP) is 4.83. The normalized spacial score (nSPS) is 11.0. The van der Waals surface area contributed by atoms with Crippen LogP contribution in [-0.4, -0.2) is 22.2 Å². The molecule has 1 aromatic heterocycles. The number of anilines is 2. The first-order valence-corrected chi connectivity index (χ1v) is 10.7. The summed E-state index contributed by atoms with van der Waals surface area (Å²) in [5.41, 5.74) is 2.22. The van der Waals surface area contributed by atoms with Crippen molar-refractivity contribution in [2.24, 2.45) is 13.0 Å². The van der Waals surface area contributed by atoms with Gasteiger partial charge < -0.3 is 15.4 Å². The standard InChI is InChI=1S/C25H30N4O3/c1-16(2)14-26-24(30)19-7-6-8-20(13-19)28-23-22(15-27-29(5)25(23)31)32-21-11-9-18(10-12-21)17(3)4/h6-13,15-17,28H,14H2,1-5H3,(H,26,30). The summed E-state index contributed by atoms with van der Waals surface area (Å²) in [4.78, 5) is 25.2. The summed E-state index contributed by atoms with van der Waals surface area (Å²) in [6, 6.07) is 14.7. The Hall–Kier alpha value is -3.61. The van der Waals surface area contributed by atoms with Crippen LogP contribution in [0.25, 0.3) is 0 Å². The molecule has 0 aliphatic carbocycles. The molecule has 3 aromatic rings. The van der Waals surface area contributed by atoms with Gasteiger partial charge in [-0.1, -0.05) is 45.9 Å². The van der Waals surface area contributed by atoms with Crippen LogP contribution in [0, 0.1) is 5.92 Å². The Kier molecular flexibility index (Phi) is 7.30. The van der Waals surface area contributed by atoms with Crippen LogP contribution in [0.2, 0.25) is 0 Å². The number of hydrogen-bond donors (Lipinski definition) is 2. The summed E-state index contributed by atoms with van der Waals surface area (Å²) in [5, 5.41) is 10.1. The first-order chi connectivity index (χ1) is 15.2. The van der Waals surface area contributed by atoms with Crippen molar-refractivity contribution >= 4 is 17.3 Å². The minimum Gasteiger partial charge on any atom is -0.453 e. The number of nitrogens with zero attached hydrogens (tertiary/aromatic N) is 2. The fraction of sp³-hybridized carbons (Fsp3) is 0.320. The van der Waals surface area contributed by atoms with E-state index in [-0.39, 0.29) is 17.2 Å². The van der Waals surface area contributed by atoms with Crippen molar-refractivity contribution in [3.05, 3.63) is 76.2 Å². The van der Waals surface area contributed by atoms with Crippen molar-refractivity contribution in [2.45, 2.75) is 33.6 Å². The van der Waals surface area contributed by atoms with Crippen molar-refractivity contribution in [3.8, 4) is 11.5 Å². The quantitative estimate of drug-likeness (QED) is 0.531. The molecule has 2 N–H and O–H groups in total. The largest absolute Gasteiger partial charge is 0.453 e. The highest BCUT2D eigenvalue weighted by atomic mass is 16.5. The molecule has 0 saturated carbocycles. The molecule has 7 heteroatoms. The molecule has 168 valence electrons. The lowest BCUT2D eigenvalue weighted by Gasteiger charge is -2.14. The zero-order valence-corrected chi connectivity index (χ0v) is 19.2. The Bertz CT molecular complexity index is 1130. The topological polar surface area (TPSA) is 85.2 Å². The number of carbonyl (C=O) groups is 1. The lowest BCUT2D eigenvalue weighted by Crippen LogP contribution is -2.27. The van der Waals surface area contributed by atoms with Gasteiger partial charge in [0.15, 0.2) is 11.4 Å². The molecule has 0 radical (unpaired) electrons. The van der Waals surface area contributed by atoms with Crippen LogP contribution in [0.3, 0.4) is 0 Å². The van der Waals surface area contributed by atoms with E-state index in [1.165, 1.54) is 16.4 Å². The Balaban J connectivity index is 1.86. The molecular weight excluding hydrogens is 404 g/mol. The number of rotatable bonds is 8. The van der Waals surface area contributed by atoms with Gasteiger partial charge in [-0.15, -0.1) is 0 Å². The molecule has 1 amide bonds. The monoisotopic (exact) mass is 434 g/mol. The molecule has 2 aromatic carbocycles. The van der Waals surface area contributed by atoms with Crippen LogP contribution in [0.4, 0.5) is 11.4 Å². The van der Waals surface area contributed by atoms with Gasteiger partial charge in [0.05, 0.1) is 6.20 Å². The van der Waals surface area contributed by atoms with Crippen LogP contribution in [0.15, 0.2) is 59.5 Å². The van der Waals surface area contributed by atoms with Crippen molar-refractivity contribution in [1.82, 2.24) is 15.1 Å². The number of benzene rings is 2. The van der Waals surface area contributed by atoms with Gasteiger partial charge in [-0.05, 0) is 47.7 Å². The van der Waals surface area contributed by atoms with Crippen LogP contribution < -0.4 is 20.9 Å². The molecule has 0 fully saturated rings. The van der Waals surface area contributed by atoms with Gasteiger partial charge in [-0.25, -0.2) is 4.68 Å². The highest BCUT2D eigenvalue weighted by molar-refractivity contribution is 5.95. The Labute approximate surface area is 188 Å². The minimum atomic E-state index is -0.337. The van der Waals surface area contributed by atoms with Gasteiger partial charge in [0.2, 0.25) is 0 Å². The van der Waals surface area contributed by atoms with E-state index in [1.54, 1.807) is 31.3 Å². The highest BCUT2D eigenvalue weighted by Gasteiger charge is 2.14. The van der Waals surface area contributed by atoms with Gasteiger partial charge >= 0.3 is 0 Å². The molecule has 0 aliphatic rings. The van der Waals surface area contributed by atoms with Crippen LogP contribution in [-0.2, 0) is 7.05 Å². The molecule has 0 unspecified atom stereocenters. The number of aromatic nitrogens is 2. The summed E-state index contributed by atoms with van der Waals surface area (Å²) < 4.78 is 7.21. The second kappa shape index (κ2) is 10.1. The summed E-state index contributed by atoms with van der Waals surface area (Å²) in [5.74, 6) is 1.52. The molecule has 0 spiro atoms. The average molecular weight is 435 g/mol. The highest BCUT2D eigenvalue weighted by Crippen LogP contribution is 2.29. The van der Waals surface area contributed by atoms with Crippen LogP contribution >= 0.6 is 0 Å². The molecule has 32 heavy (non-hydrogen) atoms. The number of ether oxygens (including phenoxy) is 1. The third-order valence-corrected chi connectivity index (χ3v) is 4.94. The summed E-state index contributed by atoms with van der Waals surface area (Å²) in [6.45, 7) is 8.92. The second-order valence-corrected chi connectivity index (χ2v) is 8.45. The van der Waals surface area contributed by atoms with E-state index in [0.717, 1.165) is 0 Å². The van der Waals surface area contributed by atoms with E-state index < -0.39 is 0 Å². The van der Waals surface area contributed by atoms with E-state index in [1.807, 2.05) is 38.1 Å². The van der Waals surface area contributed by atoms with E-state index in [9.17, 15) is 9.59 Å². The van der Waals surface area contributed by atoms with Gasteiger partial charge in [-0.3, -0.25) is 9.59 Å². The van der Waals surface area contributed by atoms with Gasteiger partial charge in [-0.2, -0.15) is 5.10 Å². The Morgan fingerprint density at radius 1 is 1.09 bits per heavy atom. The molecule has 3 rings (SSSR count). The molecule has 1 heterocycles. The predicted molar refractivity (Wildman–Crippen MR) is 127 cm³/mol. The van der Waals surface area contributed by atoms with Crippen molar-refractivity contribution < 1.29 is 9.53 Å². The van der Waals surface area contributed by atoms with Crippen LogP contribution in [0.5, 0.6) is 11.5 Å². The maximum Gasteiger partial charge on any atom is 0.294 e. The molecule has 0 atom stereocenters. The van der Waals surface area contributed by atoms with E-state index >= 15 is 0 Å². The zero-order chi connectivity index (χ0) is 23.3. The first-order valence-electron chi connectivity index (χ1n) is 10.7. The first kappa shape index (κ1) is 23.1. The molecule has 0 aliphatic heterocycles. The summed E-state index contributed by atoms with van der Waals surface area (Å²) in [7, 11) is 1.57. The lowest BCUT2D eigenvalue weighted by atomic mass is 10.0. The van der Waals surface area contributed by atoms with Crippen molar-refractivity contribution in [1.29, 1.82) is 0 Å². The van der Waals surface area contributed by atoms with Gasteiger partial charge in [0.25, 0.3) is 11.5 Å². The summed E-state index contributed by atoms with van der Waals surface area (Å²) in [6.07, 6.45) is 1.50. The van der Waals surface area contributed by atoms with E-state index in [0.29, 0.717) is 41.1 Å². The van der Waals surface area contributed by atoms with E-state index in [2.05, 4.69) is 29.6 Å². The van der Waals surface area contributed by atoms with Crippen molar-refractivity contribution in [2.75, 3.05) is 11.9 Å². The Morgan fingerprint density at radius 3 is 2.47 bits per heavy atom. The SMILES string of the molecule is CC(C)CNC(=O)c1cccc(Nc2c(Oc3ccc(C(C)C)cc3)cnn(C)c2=O)c1. The van der Waals surface area contributed by atoms with Gasteiger partial charge in [0.1, 0.15) is 5.75 Å². The summed E-state index contributed by atoms with van der Waals surface area (Å²) >= 11 is 0. The number of nitrogens with one attached hydrogen (secondary N) is 2. The molecule has 0 saturated heterocycles. The number of carbonyl (C=O) groups excluding carboxylic acids is 1. The molecule has 7 nitrogen and oxygen atoms in total. The molecule has 0 bridgehead atoms. The minimum absolute atomic E-state index is 0.160. The lowest BCUT2D eigenvalue weighted by molar-refractivity contribution is 0.0949. The smallest absolute Gasteiger partial charge is 0.294 e. The maximum atomic E-state index is 12.8. The van der Waals surface area contributed by atoms with Crippen LogP contribution in [0.1, 0.15) is 49.5 Å². The fourth-order valence-corrected chi connectivity index (χ4v) is 3.04.